The van der Waals surface area contributed by atoms with Gasteiger partial charge in [0.1, 0.15) is 0 Å². The number of hydrogen-bond donors (Lipinski definition) is 1. The van der Waals surface area contributed by atoms with E-state index < -0.39 is 0 Å². The van der Waals surface area contributed by atoms with E-state index in [1.54, 1.807) is 0 Å². The predicted octanol–water partition coefficient (Wildman–Crippen LogP) is 2.34. The van der Waals surface area contributed by atoms with Gasteiger partial charge in [-0.15, -0.1) is 0 Å². The number of aromatic nitrogens is 2. The molecule has 1 aromatic rings. The molecule has 0 aromatic carbocycles. The van der Waals surface area contributed by atoms with Crippen molar-refractivity contribution in [2.75, 3.05) is 13.1 Å². The number of nitrogens with zero attached hydrogens (tertiary/aromatic N) is 3. The zero-order valence-corrected chi connectivity index (χ0v) is 11.8. The molecular weight excluding hydrogens is 224 g/mol. The molecule has 0 spiro atoms. The van der Waals surface area contributed by atoms with Gasteiger partial charge in [0.2, 0.25) is 0 Å². The van der Waals surface area contributed by atoms with E-state index >= 15 is 0 Å². The molecule has 4 nitrogen and oxygen atoms in total. The molecule has 2 atom stereocenters. The third-order valence-electron chi connectivity index (χ3n) is 3.93. The summed E-state index contributed by atoms with van der Waals surface area (Å²) in [4.78, 5) is 2.50. The van der Waals surface area contributed by atoms with E-state index in [0.29, 0.717) is 12.1 Å². The number of rotatable bonds is 3. The van der Waals surface area contributed by atoms with Crippen LogP contribution in [0.25, 0.3) is 0 Å². The predicted molar refractivity (Wildman–Crippen MR) is 74.4 cm³/mol. The van der Waals surface area contributed by atoms with Crippen molar-refractivity contribution in [3.63, 3.8) is 0 Å². The molecule has 2 rings (SSSR count). The molecule has 1 aromatic heterocycles. The molecule has 4 heteroatoms. The van der Waals surface area contributed by atoms with Crippen LogP contribution in [-0.4, -0.2) is 33.8 Å². The topological polar surface area (TPSA) is 47.1 Å². The highest BCUT2D eigenvalue weighted by molar-refractivity contribution is 5.14. The van der Waals surface area contributed by atoms with Crippen molar-refractivity contribution in [3.8, 4) is 0 Å². The first-order valence-corrected chi connectivity index (χ1v) is 7.17. The Labute approximate surface area is 110 Å². The maximum absolute atomic E-state index is 6.38. The maximum Gasteiger partial charge on any atom is 0.0538 e. The summed E-state index contributed by atoms with van der Waals surface area (Å²) < 4.78 is 2.03. The molecule has 2 N–H and O–H groups in total. The van der Waals surface area contributed by atoms with Crippen molar-refractivity contribution in [3.05, 3.63) is 18.0 Å². The number of likely N-dealkylation sites (tertiary alicyclic amines) is 1. The van der Waals surface area contributed by atoms with E-state index in [0.717, 1.165) is 19.5 Å². The average Bonchev–Trinajstić information content (AvgIpc) is 2.74. The molecule has 1 aliphatic heterocycles. The molecule has 2 heterocycles. The molecule has 0 saturated carbocycles. The minimum atomic E-state index is 0.234. The highest BCUT2D eigenvalue weighted by Gasteiger charge is 2.28. The van der Waals surface area contributed by atoms with Crippen LogP contribution in [0, 0.1) is 0 Å². The van der Waals surface area contributed by atoms with Gasteiger partial charge in [0, 0.05) is 23.8 Å². The van der Waals surface area contributed by atoms with Gasteiger partial charge in [0.25, 0.3) is 0 Å². The van der Waals surface area contributed by atoms with Crippen LogP contribution in [-0.2, 0) is 0 Å². The van der Waals surface area contributed by atoms with Gasteiger partial charge in [-0.1, -0.05) is 13.3 Å². The molecule has 1 saturated heterocycles. The normalized spacial score (nSPS) is 26.5. The molecule has 0 radical (unpaired) electrons. The first kappa shape index (κ1) is 13.6. The van der Waals surface area contributed by atoms with Crippen molar-refractivity contribution in [2.45, 2.75) is 58.2 Å². The average molecular weight is 250 g/mol. The molecule has 0 aliphatic carbocycles. The van der Waals surface area contributed by atoms with Crippen LogP contribution in [0.15, 0.2) is 12.4 Å². The van der Waals surface area contributed by atoms with Crippen LogP contribution in [0.3, 0.4) is 0 Å². The Morgan fingerprint density at radius 2 is 2.22 bits per heavy atom. The standard InChI is InChI=1S/C14H26N4/c1-4-17-8-6-5-7-13(15)14(17)12-9-16-18(10-12)11(2)3/h9-11,13-14H,4-8,15H2,1-3H3. The van der Waals surface area contributed by atoms with E-state index in [1.807, 2.05) is 10.9 Å². The molecule has 0 bridgehead atoms. The zero-order valence-electron chi connectivity index (χ0n) is 11.8. The number of likely N-dealkylation sites (N-methyl/N-ethyl adjacent to an activating group) is 1. The number of nitrogens with two attached hydrogens (primary N) is 1. The Morgan fingerprint density at radius 3 is 2.83 bits per heavy atom. The third-order valence-corrected chi connectivity index (χ3v) is 3.93. The Bertz CT molecular complexity index is 372. The fourth-order valence-electron chi connectivity index (χ4n) is 2.86. The molecule has 0 amide bonds. The first-order valence-electron chi connectivity index (χ1n) is 7.17. The van der Waals surface area contributed by atoms with E-state index in [1.165, 1.54) is 18.4 Å². The fourth-order valence-corrected chi connectivity index (χ4v) is 2.86. The lowest BCUT2D eigenvalue weighted by atomic mass is 9.99. The highest BCUT2D eigenvalue weighted by atomic mass is 15.3. The largest absolute Gasteiger partial charge is 0.326 e. The number of hydrogen-bond acceptors (Lipinski definition) is 3. The highest BCUT2D eigenvalue weighted by Crippen LogP contribution is 2.29. The summed E-state index contributed by atoms with van der Waals surface area (Å²) >= 11 is 0. The van der Waals surface area contributed by atoms with Crippen molar-refractivity contribution in [1.29, 1.82) is 0 Å². The minimum Gasteiger partial charge on any atom is -0.326 e. The minimum absolute atomic E-state index is 0.234. The van der Waals surface area contributed by atoms with Crippen LogP contribution in [0.2, 0.25) is 0 Å². The summed E-state index contributed by atoms with van der Waals surface area (Å²) in [7, 11) is 0. The van der Waals surface area contributed by atoms with Crippen LogP contribution < -0.4 is 5.73 Å². The van der Waals surface area contributed by atoms with Crippen molar-refractivity contribution < 1.29 is 0 Å². The SMILES string of the molecule is CCN1CCCCC(N)C1c1cnn(C(C)C)c1. The monoisotopic (exact) mass is 250 g/mol. The van der Waals surface area contributed by atoms with Gasteiger partial charge in [0.15, 0.2) is 0 Å². The molecular formula is C14H26N4. The van der Waals surface area contributed by atoms with Gasteiger partial charge in [-0.05, 0) is 39.8 Å². The molecule has 18 heavy (non-hydrogen) atoms. The summed E-state index contributed by atoms with van der Waals surface area (Å²) in [5.74, 6) is 0. The lowest BCUT2D eigenvalue weighted by Gasteiger charge is -2.31. The smallest absolute Gasteiger partial charge is 0.0538 e. The summed E-state index contributed by atoms with van der Waals surface area (Å²) in [5.41, 5.74) is 7.66. The van der Waals surface area contributed by atoms with E-state index in [4.69, 9.17) is 5.73 Å². The zero-order chi connectivity index (χ0) is 13.1. The summed E-state index contributed by atoms with van der Waals surface area (Å²) in [6.07, 6.45) is 7.79. The van der Waals surface area contributed by atoms with Gasteiger partial charge >= 0.3 is 0 Å². The van der Waals surface area contributed by atoms with E-state index in [9.17, 15) is 0 Å². The van der Waals surface area contributed by atoms with E-state index in [2.05, 4.69) is 37.0 Å². The van der Waals surface area contributed by atoms with Gasteiger partial charge < -0.3 is 5.73 Å². The van der Waals surface area contributed by atoms with Gasteiger partial charge in [-0.2, -0.15) is 5.10 Å². The Balaban J connectivity index is 2.24. The first-order chi connectivity index (χ1) is 8.63. The van der Waals surface area contributed by atoms with Crippen LogP contribution >= 0.6 is 0 Å². The second kappa shape index (κ2) is 5.85. The quantitative estimate of drug-likeness (QED) is 0.895. The lowest BCUT2D eigenvalue weighted by Crippen LogP contribution is -2.39. The van der Waals surface area contributed by atoms with E-state index in [-0.39, 0.29) is 6.04 Å². The van der Waals surface area contributed by atoms with Crippen LogP contribution in [0.5, 0.6) is 0 Å². The Morgan fingerprint density at radius 1 is 1.44 bits per heavy atom. The summed E-state index contributed by atoms with van der Waals surface area (Å²) in [6, 6.07) is 0.984. The Kier molecular flexibility index (Phi) is 4.40. The maximum atomic E-state index is 6.38. The molecule has 2 unspecified atom stereocenters. The Hall–Kier alpha value is -0.870. The second-order valence-corrected chi connectivity index (χ2v) is 5.58. The van der Waals surface area contributed by atoms with Crippen molar-refractivity contribution in [2.24, 2.45) is 5.73 Å². The summed E-state index contributed by atoms with van der Waals surface area (Å²) in [5, 5.41) is 4.46. The third kappa shape index (κ3) is 2.75. The molecule has 102 valence electrons. The molecule has 1 fully saturated rings. The second-order valence-electron chi connectivity index (χ2n) is 5.58. The molecule has 1 aliphatic rings. The lowest BCUT2D eigenvalue weighted by molar-refractivity contribution is 0.195. The fraction of sp³-hybridized carbons (Fsp3) is 0.786. The van der Waals surface area contributed by atoms with Crippen LogP contribution in [0.4, 0.5) is 0 Å². The van der Waals surface area contributed by atoms with Crippen LogP contribution in [0.1, 0.15) is 57.7 Å². The van der Waals surface area contributed by atoms with Crippen molar-refractivity contribution in [1.82, 2.24) is 14.7 Å². The summed E-state index contributed by atoms with van der Waals surface area (Å²) in [6.45, 7) is 8.74. The van der Waals surface area contributed by atoms with Crippen molar-refractivity contribution >= 4 is 0 Å². The van der Waals surface area contributed by atoms with Gasteiger partial charge in [-0.3, -0.25) is 9.58 Å². The van der Waals surface area contributed by atoms with Gasteiger partial charge in [0.05, 0.1) is 12.2 Å². The van der Waals surface area contributed by atoms with Gasteiger partial charge in [-0.25, -0.2) is 0 Å².